The van der Waals surface area contributed by atoms with E-state index in [1.165, 1.54) is 22.3 Å². The average Bonchev–Trinajstić information content (AvgIpc) is 3.28. The lowest BCUT2D eigenvalue weighted by atomic mass is 10.1. The number of para-hydroxylation sites is 1. The molecule has 0 saturated heterocycles. The highest BCUT2D eigenvalue weighted by atomic mass is 32.1. The van der Waals surface area contributed by atoms with Gasteiger partial charge in [-0.25, -0.2) is 15.0 Å². The van der Waals surface area contributed by atoms with Gasteiger partial charge in [0, 0.05) is 40.4 Å². The Kier molecular flexibility index (Phi) is 5.53. The molecule has 0 aliphatic heterocycles. The quantitative estimate of drug-likeness (QED) is 0.435. The second-order valence-electron chi connectivity index (χ2n) is 6.88. The molecule has 4 aromatic rings. The van der Waals surface area contributed by atoms with Gasteiger partial charge >= 0.3 is 0 Å². The molecule has 148 valence electrons. The molecule has 3 N–H and O–H groups in total. The highest BCUT2D eigenvalue weighted by molar-refractivity contribution is 7.13. The van der Waals surface area contributed by atoms with Gasteiger partial charge in [-0.05, 0) is 38.0 Å². The maximum Gasteiger partial charge on any atom is 0.229 e. The fourth-order valence-corrected chi connectivity index (χ4v) is 3.93. The third-order valence-electron chi connectivity index (χ3n) is 4.49. The van der Waals surface area contributed by atoms with Gasteiger partial charge in [-0.3, -0.25) is 4.79 Å². The van der Waals surface area contributed by atoms with E-state index in [2.05, 4.69) is 36.6 Å². The monoisotopic (exact) mass is 406 g/mol. The number of aromatic amines is 1. The van der Waals surface area contributed by atoms with Crippen LogP contribution >= 0.6 is 11.3 Å². The number of carbonyl (C=O) groups excluding carboxylic acids is 1. The second-order valence-corrected chi connectivity index (χ2v) is 7.74. The summed E-state index contributed by atoms with van der Waals surface area (Å²) >= 11 is 1.44. The van der Waals surface area contributed by atoms with Crippen molar-refractivity contribution in [2.24, 2.45) is 0 Å². The number of anilines is 2. The van der Waals surface area contributed by atoms with E-state index in [-0.39, 0.29) is 12.3 Å². The van der Waals surface area contributed by atoms with Crippen molar-refractivity contribution in [1.82, 2.24) is 25.3 Å². The van der Waals surface area contributed by atoms with E-state index in [4.69, 9.17) is 0 Å². The Balaban J connectivity index is 1.29. The summed E-state index contributed by atoms with van der Waals surface area (Å²) in [4.78, 5) is 28.7. The lowest BCUT2D eigenvalue weighted by Crippen LogP contribution is -2.27. The summed E-state index contributed by atoms with van der Waals surface area (Å²) in [5, 5.41) is 9.84. The van der Waals surface area contributed by atoms with Crippen molar-refractivity contribution in [1.29, 1.82) is 0 Å². The average molecular weight is 407 g/mol. The van der Waals surface area contributed by atoms with E-state index in [9.17, 15) is 4.79 Å². The number of thiazole rings is 1. The summed E-state index contributed by atoms with van der Waals surface area (Å²) in [6.45, 7) is 4.44. The van der Waals surface area contributed by atoms with Crippen LogP contribution in [0.25, 0.3) is 10.9 Å². The lowest BCUT2D eigenvalue weighted by Gasteiger charge is -2.04. The Morgan fingerprint density at radius 1 is 1.14 bits per heavy atom. The van der Waals surface area contributed by atoms with Gasteiger partial charge in [-0.1, -0.05) is 18.2 Å². The summed E-state index contributed by atoms with van der Waals surface area (Å²) in [5.74, 6) is 0.482. The molecule has 3 heterocycles. The molecule has 0 atom stereocenters. The van der Waals surface area contributed by atoms with Gasteiger partial charge in [0.15, 0.2) is 5.13 Å². The van der Waals surface area contributed by atoms with Crippen molar-refractivity contribution >= 4 is 39.2 Å². The predicted octanol–water partition coefficient (Wildman–Crippen LogP) is 3.68. The van der Waals surface area contributed by atoms with E-state index in [1.54, 1.807) is 0 Å². The Bertz CT molecular complexity index is 1130. The van der Waals surface area contributed by atoms with Crippen LogP contribution in [0.5, 0.6) is 0 Å². The molecule has 1 amide bonds. The molecular formula is C21H22N6OS. The Labute approximate surface area is 172 Å². The number of benzene rings is 1. The van der Waals surface area contributed by atoms with E-state index in [0.29, 0.717) is 17.6 Å². The van der Waals surface area contributed by atoms with Crippen molar-refractivity contribution in [3.8, 4) is 0 Å². The first-order chi connectivity index (χ1) is 14.1. The summed E-state index contributed by atoms with van der Waals surface area (Å²) in [7, 11) is 0. The first-order valence-corrected chi connectivity index (χ1v) is 10.3. The maximum atomic E-state index is 12.3. The second kappa shape index (κ2) is 8.40. The van der Waals surface area contributed by atoms with Crippen LogP contribution < -0.4 is 10.6 Å². The fourth-order valence-electron chi connectivity index (χ4n) is 3.23. The maximum absolute atomic E-state index is 12.3. The number of fused-ring (bicyclic) bond motifs is 1. The number of hydrogen-bond acceptors (Lipinski definition) is 6. The number of H-pyrrole nitrogens is 1. The molecule has 7 nitrogen and oxygen atoms in total. The van der Waals surface area contributed by atoms with Crippen LogP contribution in [0.4, 0.5) is 11.1 Å². The van der Waals surface area contributed by atoms with Gasteiger partial charge < -0.3 is 15.6 Å². The Hall–Kier alpha value is -3.26. The van der Waals surface area contributed by atoms with E-state index in [0.717, 1.165) is 29.0 Å². The number of aryl methyl sites for hydroxylation is 2. The molecule has 0 radical (unpaired) electrons. The standard InChI is InChI=1S/C21H22N6OS/c1-13-9-14(2)25-20(24-13)27-21-26-16(12-29-21)10-19(28)22-8-7-15-11-23-18-6-4-3-5-17(15)18/h3-6,9,11-12,23H,7-8,10H2,1-2H3,(H,22,28)(H,24,25,26,27). The molecule has 0 bridgehead atoms. The van der Waals surface area contributed by atoms with Crippen LogP contribution in [0.3, 0.4) is 0 Å². The van der Waals surface area contributed by atoms with Crippen LogP contribution in [0.15, 0.2) is 41.9 Å². The molecule has 0 fully saturated rings. The van der Waals surface area contributed by atoms with Crippen molar-refractivity contribution in [2.45, 2.75) is 26.7 Å². The summed E-state index contributed by atoms with van der Waals surface area (Å²) in [6, 6.07) is 10.1. The van der Waals surface area contributed by atoms with Crippen molar-refractivity contribution in [3.05, 3.63) is 64.6 Å². The molecule has 0 spiro atoms. The van der Waals surface area contributed by atoms with E-state index >= 15 is 0 Å². The number of carbonyl (C=O) groups is 1. The largest absolute Gasteiger partial charge is 0.361 e. The normalized spacial score (nSPS) is 11.0. The molecule has 0 aliphatic rings. The van der Waals surface area contributed by atoms with Crippen LogP contribution in [0, 0.1) is 13.8 Å². The zero-order valence-electron chi connectivity index (χ0n) is 16.3. The molecule has 0 aliphatic carbocycles. The molecule has 0 unspecified atom stereocenters. The topological polar surface area (TPSA) is 95.6 Å². The molecule has 1 aromatic carbocycles. The molecule has 29 heavy (non-hydrogen) atoms. The summed E-state index contributed by atoms with van der Waals surface area (Å²) in [6.07, 6.45) is 3.04. The molecule has 0 saturated carbocycles. The van der Waals surface area contributed by atoms with Crippen molar-refractivity contribution in [2.75, 3.05) is 11.9 Å². The number of nitrogens with zero attached hydrogens (tertiary/aromatic N) is 3. The van der Waals surface area contributed by atoms with Crippen LogP contribution in [-0.2, 0) is 17.6 Å². The molecule has 8 heteroatoms. The Morgan fingerprint density at radius 3 is 2.76 bits per heavy atom. The van der Waals surface area contributed by atoms with E-state index in [1.807, 2.05) is 49.7 Å². The van der Waals surface area contributed by atoms with Crippen molar-refractivity contribution in [3.63, 3.8) is 0 Å². The van der Waals surface area contributed by atoms with Gasteiger partial charge in [-0.2, -0.15) is 0 Å². The number of rotatable bonds is 7. The van der Waals surface area contributed by atoms with Crippen molar-refractivity contribution < 1.29 is 4.79 Å². The van der Waals surface area contributed by atoms with Crippen LogP contribution in [0.1, 0.15) is 22.6 Å². The van der Waals surface area contributed by atoms with Crippen LogP contribution in [-0.4, -0.2) is 32.4 Å². The van der Waals surface area contributed by atoms with Gasteiger partial charge in [0.1, 0.15) is 0 Å². The Morgan fingerprint density at radius 2 is 1.93 bits per heavy atom. The third-order valence-corrected chi connectivity index (χ3v) is 5.29. The van der Waals surface area contributed by atoms with Gasteiger partial charge in [-0.15, -0.1) is 11.3 Å². The molecular weight excluding hydrogens is 384 g/mol. The van der Waals surface area contributed by atoms with E-state index < -0.39 is 0 Å². The summed E-state index contributed by atoms with van der Waals surface area (Å²) < 4.78 is 0. The number of amides is 1. The number of nitrogens with one attached hydrogen (secondary N) is 3. The smallest absolute Gasteiger partial charge is 0.229 e. The highest BCUT2D eigenvalue weighted by Crippen LogP contribution is 2.20. The summed E-state index contributed by atoms with van der Waals surface area (Å²) in [5.41, 5.74) is 4.84. The minimum atomic E-state index is -0.0376. The number of hydrogen-bond donors (Lipinski definition) is 3. The SMILES string of the molecule is Cc1cc(C)nc(Nc2nc(CC(=O)NCCc3c[nH]c4ccccc34)cs2)n1. The van der Waals surface area contributed by atoms with Gasteiger partial charge in [0.05, 0.1) is 12.1 Å². The zero-order valence-corrected chi connectivity index (χ0v) is 17.1. The highest BCUT2D eigenvalue weighted by Gasteiger charge is 2.10. The number of aromatic nitrogens is 4. The third kappa shape index (κ3) is 4.78. The first-order valence-electron chi connectivity index (χ1n) is 9.42. The van der Waals surface area contributed by atoms with Crippen LogP contribution in [0.2, 0.25) is 0 Å². The lowest BCUT2D eigenvalue weighted by molar-refractivity contribution is -0.120. The van der Waals surface area contributed by atoms with Gasteiger partial charge in [0.2, 0.25) is 11.9 Å². The first kappa shape index (κ1) is 19.1. The minimum absolute atomic E-state index is 0.0376. The fraction of sp³-hybridized carbons (Fsp3) is 0.238. The zero-order chi connectivity index (χ0) is 20.2. The molecule has 3 aromatic heterocycles. The predicted molar refractivity (Wildman–Crippen MR) is 116 cm³/mol. The van der Waals surface area contributed by atoms with Gasteiger partial charge in [0.25, 0.3) is 0 Å². The minimum Gasteiger partial charge on any atom is -0.361 e. The molecule has 4 rings (SSSR count).